The molecule has 0 spiro atoms. The summed E-state index contributed by atoms with van der Waals surface area (Å²) in [5.41, 5.74) is 4.77. The van der Waals surface area contributed by atoms with Crippen LogP contribution in [0.3, 0.4) is 0 Å². The predicted octanol–water partition coefficient (Wildman–Crippen LogP) is 4.00. The third-order valence-corrected chi connectivity index (χ3v) is 6.41. The van der Waals surface area contributed by atoms with Crippen molar-refractivity contribution in [3.63, 3.8) is 0 Å². The van der Waals surface area contributed by atoms with Crippen molar-refractivity contribution in [2.24, 2.45) is 0 Å². The molecule has 7 heteroatoms. The van der Waals surface area contributed by atoms with Gasteiger partial charge in [0.15, 0.2) is 0 Å². The van der Waals surface area contributed by atoms with Crippen LogP contribution in [0.1, 0.15) is 30.7 Å². The summed E-state index contributed by atoms with van der Waals surface area (Å²) in [5.74, 6) is 0.624. The normalized spacial score (nSPS) is 17.6. The fourth-order valence-corrected chi connectivity index (χ4v) is 4.62. The van der Waals surface area contributed by atoms with Crippen LogP contribution in [0.25, 0.3) is 22.2 Å². The average molecular weight is 423 g/mol. The van der Waals surface area contributed by atoms with Crippen LogP contribution in [0.4, 0.5) is 5.69 Å². The Kier molecular flexibility index (Phi) is 5.05. The number of nitrogens with zero attached hydrogens (tertiary/aromatic N) is 3. The van der Waals surface area contributed by atoms with E-state index >= 15 is 0 Å². The number of nitrogens with one attached hydrogen (secondary N) is 1. The van der Waals surface area contributed by atoms with E-state index in [1.807, 2.05) is 40.3 Å². The minimum Gasteiger partial charge on any atom is -0.346 e. The molecule has 1 saturated heterocycles. The number of pyridine rings is 1. The maximum absolute atomic E-state index is 12.7. The molecule has 1 aliphatic carbocycles. The van der Waals surface area contributed by atoms with Crippen LogP contribution in [0.2, 0.25) is 5.02 Å². The van der Waals surface area contributed by atoms with Crippen molar-refractivity contribution in [3.05, 3.63) is 47.2 Å². The van der Waals surface area contributed by atoms with Gasteiger partial charge in [0.2, 0.25) is 5.91 Å². The second-order valence-electron chi connectivity index (χ2n) is 8.05. The first-order valence-electron chi connectivity index (χ1n) is 10.4. The third-order valence-electron chi connectivity index (χ3n) is 6.02. The number of hydrogen-bond donors (Lipinski definition) is 1. The van der Waals surface area contributed by atoms with Gasteiger partial charge in [-0.1, -0.05) is 23.7 Å². The lowest BCUT2D eigenvalue weighted by atomic mass is 10.0. The zero-order valence-electron chi connectivity index (χ0n) is 16.6. The number of piperazine rings is 1. The van der Waals surface area contributed by atoms with Crippen molar-refractivity contribution in [2.45, 2.75) is 25.2 Å². The molecule has 2 aromatic heterocycles. The van der Waals surface area contributed by atoms with E-state index in [-0.39, 0.29) is 5.91 Å². The van der Waals surface area contributed by atoms with Gasteiger partial charge in [-0.25, -0.2) is 4.98 Å². The molecule has 1 aromatic carbocycles. The first-order valence-corrected chi connectivity index (χ1v) is 10.8. The Hall–Kier alpha value is -2.70. The van der Waals surface area contributed by atoms with E-state index in [2.05, 4.69) is 9.97 Å². The molecule has 5 rings (SSSR count). The quantitative estimate of drug-likeness (QED) is 0.609. The molecule has 1 aliphatic heterocycles. The molecule has 3 aromatic rings. The van der Waals surface area contributed by atoms with Crippen molar-refractivity contribution in [2.75, 3.05) is 31.1 Å². The van der Waals surface area contributed by atoms with Crippen LogP contribution in [-0.4, -0.2) is 53.2 Å². The number of halogens is 1. The summed E-state index contributed by atoms with van der Waals surface area (Å²) in [6.45, 7) is 2.33. The zero-order chi connectivity index (χ0) is 20.7. The van der Waals surface area contributed by atoms with Gasteiger partial charge in [-0.2, -0.15) is 0 Å². The Bertz CT molecular complexity index is 1120. The van der Waals surface area contributed by atoms with E-state index < -0.39 is 0 Å². The number of anilines is 1. The lowest BCUT2D eigenvalue weighted by molar-refractivity contribution is -0.121. The number of carbonyl (C=O) groups excluding carboxylic acids is 2. The van der Waals surface area contributed by atoms with Gasteiger partial charge in [0.25, 0.3) is 0 Å². The Labute approximate surface area is 179 Å². The maximum atomic E-state index is 12.7. The van der Waals surface area contributed by atoms with Gasteiger partial charge in [-0.15, -0.1) is 0 Å². The standard InChI is InChI=1S/C23H23ClN4O2/c24-22-19(13-26-23-21(22)18(12-25-23)15-5-6-15)16-3-1-4-17(11-16)28-9-8-27(7-2-10-29)14-20(28)30/h1,3-4,10-13,15H,2,5-9,14H2,(H,25,26). The number of aromatic nitrogens is 2. The summed E-state index contributed by atoms with van der Waals surface area (Å²) >= 11 is 6.85. The number of aldehydes is 1. The highest BCUT2D eigenvalue weighted by atomic mass is 35.5. The highest BCUT2D eigenvalue weighted by molar-refractivity contribution is 6.38. The van der Waals surface area contributed by atoms with Gasteiger partial charge in [-0.05, 0) is 42.0 Å². The number of amides is 1. The van der Waals surface area contributed by atoms with E-state index in [0.29, 0.717) is 37.0 Å². The van der Waals surface area contributed by atoms with Gasteiger partial charge >= 0.3 is 0 Å². The molecule has 6 nitrogen and oxygen atoms in total. The lowest BCUT2D eigenvalue weighted by Crippen LogP contribution is -2.50. The molecule has 30 heavy (non-hydrogen) atoms. The van der Waals surface area contributed by atoms with Crippen LogP contribution >= 0.6 is 11.6 Å². The van der Waals surface area contributed by atoms with Gasteiger partial charge in [0.05, 0.1) is 11.6 Å². The molecule has 1 amide bonds. The predicted molar refractivity (Wildman–Crippen MR) is 118 cm³/mol. The summed E-state index contributed by atoms with van der Waals surface area (Å²) in [6, 6.07) is 7.92. The van der Waals surface area contributed by atoms with E-state index in [0.717, 1.165) is 40.7 Å². The molecule has 1 N–H and O–H groups in total. The SMILES string of the molecule is O=CCCN1CCN(c2cccc(-c3cnc4[nH]cc(C5CC5)c4c3Cl)c2)C(=O)C1. The molecular formula is C23H23ClN4O2. The first-order chi connectivity index (χ1) is 14.7. The van der Waals surface area contributed by atoms with Crippen LogP contribution < -0.4 is 4.90 Å². The molecule has 3 heterocycles. The fourth-order valence-electron chi connectivity index (χ4n) is 4.26. The van der Waals surface area contributed by atoms with E-state index in [4.69, 9.17) is 11.6 Å². The highest BCUT2D eigenvalue weighted by Crippen LogP contribution is 2.46. The first kappa shape index (κ1) is 19.3. The number of hydrogen-bond acceptors (Lipinski definition) is 4. The summed E-state index contributed by atoms with van der Waals surface area (Å²) in [5, 5.41) is 1.73. The molecule has 154 valence electrons. The number of fused-ring (bicyclic) bond motifs is 1. The van der Waals surface area contributed by atoms with Crippen molar-refractivity contribution in [1.82, 2.24) is 14.9 Å². The van der Waals surface area contributed by atoms with Crippen LogP contribution in [0, 0.1) is 0 Å². The van der Waals surface area contributed by atoms with E-state index in [1.54, 1.807) is 6.20 Å². The molecule has 2 aliphatic rings. The second kappa shape index (κ2) is 7.85. The van der Waals surface area contributed by atoms with E-state index in [9.17, 15) is 9.59 Å². The molecule has 0 bridgehead atoms. The monoisotopic (exact) mass is 422 g/mol. The Morgan fingerprint density at radius 3 is 2.90 bits per heavy atom. The van der Waals surface area contributed by atoms with Crippen LogP contribution in [0.5, 0.6) is 0 Å². The molecule has 1 saturated carbocycles. The molecule has 0 radical (unpaired) electrons. The number of benzene rings is 1. The van der Waals surface area contributed by atoms with Crippen molar-refractivity contribution in [1.29, 1.82) is 0 Å². The van der Waals surface area contributed by atoms with Crippen molar-refractivity contribution >= 4 is 40.5 Å². The van der Waals surface area contributed by atoms with Gasteiger partial charge < -0.3 is 14.7 Å². The van der Waals surface area contributed by atoms with Gasteiger partial charge in [0, 0.05) is 55.1 Å². The topological polar surface area (TPSA) is 69.3 Å². The van der Waals surface area contributed by atoms with Crippen molar-refractivity contribution < 1.29 is 9.59 Å². The fraction of sp³-hybridized carbons (Fsp3) is 0.348. The number of aromatic amines is 1. The minimum atomic E-state index is 0.0469. The molecule has 0 atom stereocenters. The van der Waals surface area contributed by atoms with Gasteiger partial charge in [-0.3, -0.25) is 9.69 Å². The molecule has 2 fully saturated rings. The summed E-state index contributed by atoms with van der Waals surface area (Å²) in [6.07, 6.45) is 7.58. The highest BCUT2D eigenvalue weighted by Gasteiger charge is 2.28. The van der Waals surface area contributed by atoms with Crippen LogP contribution in [0.15, 0.2) is 36.7 Å². The Balaban J connectivity index is 1.44. The van der Waals surface area contributed by atoms with Gasteiger partial charge in [0.1, 0.15) is 11.9 Å². The number of H-pyrrole nitrogens is 1. The molecule has 0 unspecified atom stereocenters. The third kappa shape index (κ3) is 3.50. The minimum absolute atomic E-state index is 0.0469. The largest absolute Gasteiger partial charge is 0.346 e. The molecular weight excluding hydrogens is 400 g/mol. The average Bonchev–Trinajstić information content (AvgIpc) is 3.51. The summed E-state index contributed by atoms with van der Waals surface area (Å²) < 4.78 is 0. The second-order valence-corrected chi connectivity index (χ2v) is 8.43. The lowest BCUT2D eigenvalue weighted by Gasteiger charge is -2.34. The van der Waals surface area contributed by atoms with Crippen molar-refractivity contribution in [3.8, 4) is 11.1 Å². The Morgan fingerprint density at radius 2 is 2.13 bits per heavy atom. The summed E-state index contributed by atoms with van der Waals surface area (Å²) in [7, 11) is 0. The Morgan fingerprint density at radius 1 is 1.27 bits per heavy atom. The number of rotatable bonds is 6. The summed E-state index contributed by atoms with van der Waals surface area (Å²) in [4.78, 5) is 35.0. The maximum Gasteiger partial charge on any atom is 0.241 e. The van der Waals surface area contributed by atoms with Crippen LogP contribution in [-0.2, 0) is 9.59 Å². The zero-order valence-corrected chi connectivity index (χ0v) is 17.4. The number of carbonyl (C=O) groups is 2. The smallest absolute Gasteiger partial charge is 0.241 e. The van der Waals surface area contributed by atoms with E-state index in [1.165, 1.54) is 18.4 Å².